The molecule has 0 spiro atoms. The van der Waals surface area contributed by atoms with Crippen LogP contribution in [-0.2, 0) is 9.84 Å². The van der Waals surface area contributed by atoms with Crippen molar-refractivity contribution in [3.63, 3.8) is 0 Å². The predicted molar refractivity (Wildman–Crippen MR) is 108 cm³/mol. The highest BCUT2D eigenvalue weighted by Crippen LogP contribution is 2.17. The monoisotopic (exact) mass is 394 g/mol. The third-order valence-corrected chi connectivity index (χ3v) is 5.07. The largest absolute Gasteiger partial charge is 0.322 e. The Bertz CT molecular complexity index is 1110. The molecule has 0 aliphatic carbocycles. The van der Waals surface area contributed by atoms with Crippen molar-refractivity contribution in [1.29, 1.82) is 0 Å². The molecular formula is C21H18N2O4S. The summed E-state index contributed by atoms with van der Waals surface area (Å²) in [6, 6.07) is 21.3. The van der Waals surface area contributed by atoms with Crippen molar-refractivity contribution in [2.45, 2.75) is 4.90 Å². The molecule has 6 nitrogen and oxygen atoms in total. The molecule has 0 aromatic heterocycles. The van der Waals surface area contributed by atoms with Crippen molar-refractivity contribution in [3.8, 4) is 0 Å². The average Bonchev–Trinajstić information content (AvgIpc) is 2.69. The summed E-state index contributed by atoms with van der Waals surface area (Å²) in [6.07, 6.45) is 1.11. The molecule has 3 aromatic rings. The molecule has 2 amide bonds. The molecule has 28 heavy (non-hydrogen) atoms. The lowest BCUT2D eigenvalue weighted by Gasteiger charge is -2.08. The van der Waals surface area contributed by atoms with Crippen LogP contribution >= 0.6 is 0 Å². The number of sulfone groups is 1. The van der Waals surface area contributed by atoms with E-state index >= 15 is 0 Å². The fourth-order valence-electron chi connectivity index (χ4n) is 2.51. The molecule has 0 atom stereocenters. The van der Waals surface area contributed by atoms with Gasteiger partial charge in [-0.3, -0.25) is 9.59 Å². The number of anilines is 2. The Morgan fingerprint density at radius 2 is 1.25 bits per heavy atom. The SMILES string of the molecule is CS(=O)(=O)c1cccc(NC(=O)c2ccc(NC(=O)c3ccccc3)cc2)c1. The van der Waals surface area contributed by atoms with Crippen LogP contribution in [0.1, 0.15) is 20.7 Å². The van der Waals surface area contributed by atoms with Gasteiger partial charge in [-0.25, -0.2) is 8.42 Å². The van der Waals surface area contributed by atoms with Crippen LogP contribution in [-0.4, -0.2) is 26.5 Å². The summed E-state index contributed by atoms with van der Waals surface area (Å²) < 4.78 is 23.2. The van der Waals surface area contributed by atoms with Crippen LogP contribution in [0.3, 0.4) is 0 Å². The number of hydrogen-bond donors (Lipinski definition) is 2. The highest BCUT2D eigenvalue weighted by Gasteiger charge is 2.11. The normalized spacial score (nSPS) is 10.9. The van der Waals surface area contributed by atoms with Crippen molar-refractivity contribution in [2.75, 3.05) is 16.9 Å². The molecule has 3 aromatic carbocycles. The van der Waals surface area contributed by atoms with Gasteiger partial charge >= 0.3 is 0 Å². The van der Waals surface area contributed by atoms with E-state index in [1.165, 1.54) is 12.1 Å². The van der Waals surface area contributed by atoms with E-state index in [0.717, 1.165) is 6.26 Å². The van der Waals surface area contributed by atoms with E-state index in [0.29, 0.717) is 22.5 Å². The minimum absolute atomic E-state index is 0.129. The number of carbonyl (C=O) groups is 2. The Morgan fingerprint density at radius 3 is 1.86 bits per heavy atom. The summed E-state index contributed by atoms with van der Waals surface area (Å²) in [7, 11) is -3.36. The molecular weight excluding hydrogens is 376 g/mol. The predicted octanol–water partition coefficient (Wildman–Crippen LogP) is 3.59. The van der Waals surface area contributed by atoms with Crippen LogP contribution in [0.15, 0.2) is 83.8 Å². The summed E-state index contributed by atoms with van der Waals surface area (Å²) in [6.45, 7) is 0. The van der Waals surface area contributed by atoms with E-state index < -0.39 is 9.84 Å². The first kappa shape index (κ1) is 19.3. The number of carbonyl (C=O) groups excluding carboxylic acids is 2. The first-order valence-electron chi connectivity index (χ1n) is 8.41. The molecule has 7 heteroatoms. The zero-order valence-corrected chi connectivity index (χ0v) is 15.9. The molecule has 3 rings (SSSR count). The van der Waals surface area contributed by atoms with Gasteiger partial charge in [0.25, 0.3) is 11.8 Å². The average molecular weight is 394 g/mol. The van der Waals surface area contributed by atoms with Gasteiger partial charge in [0.2, 0.25) is 0 Å². The lowest BCUT2D eigenvalue weighted by molar-refractivity contribution is 0.102. The lowest BCUT2D eigenvalue weighted by atomic mass is 10.1. The topological polar surface area (TPSA) is 92.3 Å². The van der Waals surface area contributed by atoms with Gasteiger partial charge in [0.15, 0.2) is 9.84 Å². The number of hydrogen-bond acceptors (Lipinski definition) is 4. The molecule has 2 N–H and O–H groups in total. The molecule has 0 radical (unpaired) electrons. The fraction of sp³-hybridized carbons (Fsp3) is 0.0476. The first-order chi connectivity index (χ1) is 13.3. The Kier molecular flexibility index (Phi) is 5.56. The van der Waals surface area contributed by atoms with Crippen LogP contribution in [0.2, 0.25) is 0 Å². The van der Waals surface area contributed by atoms with Gasteiger partial charge in [0, 0.05) is 28.8 Å². The Morgan fingerprint density at radius 1 is 0.679 bits per heavy atom. The van der Waals surface area contributed by atoms with Gasteiger partial charge in [0.05, 0.1) is 4.90 Å². The van der Waals surface area contributed by atoms with E-state index in [4.69, 9.17) is 0 Å². The second-order valence-electron chi connectivity index (χ2n) is 6.15. The quantitative estimate of drug-likeness (QED) is 0.692. The first-order valence-corrected chi connectivity index (χ1v) is 10.3. The molecule has 0 heterocycles. The zero-order valence-electron chi connectivity index (χ0n) is 15.0. The van der Waals surface area contributed by atoms with Gasteiger partial charge in [-0.05, 0) is 54.6 Å². The fourth-order valence-corrected chi connectivity index (χ4v) is 3.17. The van der Waals surface area contributed by atoms with E-state index in [2.05, 4.69) is 10.6 Å². The van der Waals surface area contributed by atoms with Gasteiger partial charge in [0.1, 0.15) is 0 Å². The Hall–Kier alpha value is -3.45. The van der Waals surface area contributed by atoms with Crippen molar-refractivity contribution >= 4 is 33.0 Å². The van der Waals surface area contributed by atoms with E-state index in [1.807, 2.05) is 6.07 Å². The molecule has 0 aliphatic rings. The van der Waals surface area contributed by atoms with Gasteiger partial charge in [-0.1, -0.05) is 24.3 Å². The second-order valence-corrected chi connectivity index (χ2v) is 8.17. The van der Waals surface area contributed by atoms with Crippen molar-refractivity contribution in [1.82, 2.24) is 0 Å². The zero-order chi connectivity index (χ0) is 20.1. The molecule has 0 bridgehead atoms. The van der Waals surface area contributed by atoms with Gasteiger partial charge in [-0.15, -0.1) is 0 Å². The summed E-state index contributed by atoms with van der Waals surface area (Å²) in [5.74, 6) is -0.623. The number of benzene rings is 3. The third kappa shape index (κ3) is 4.83. The van der Waals surface area contributed by atoms with Gasteiger partial charge < -0.3 is 10.6 Å². The summed E-state index contributed by atoms with van der Waals surface area (Å²) in [4.78, 5) is 24.7. The minimum atomic E-state index is -3.36. The lowest BCUT2D eigenvalue weighted by Crippen LogP contribution is -2.14. The van der Waals surface area contributed by atoms with Crippen LogP contribution in [0.5, 0.6) is 0 Å². The maximum atomic E-state index is 12.4. The molecule has 142 valence electrons. The van der Waals surface area contributed by atoms with Crippen molar-refractivity contribution in [3.05, 3.63) is 90.0 Å². The molecule has 0 saturated heterocycles. The van der Waals surface area contributed by atoms with Gasteiger partial charge in [-0.2, -0.15) is 0 Å². The van der Waals surface area contributed by atoms with E-state index in [-0.39, 0.29) is 16.7 Å². The smallest absolute Gasteiger partial charge is 0.255 e. The number of amides is 2. The van der Waals surface area contributed by atoms with Crippen molar-refractivity contribution in [2.24, 2.45) is 0 Å². The van der Waals surface area contributed by atoms with Crippen molar-refractivity contribution < 1.29 is 18.0 Å². The van der Waals surface area contributed by atoms with Crippen LogP contribution in [0, 0.1) is 0 Å². The minimum Gasteiger partial charge on any atom is -0.322 e. The third-order valence-electron chi connectivity index (χ3n) is 3.96. The Balaban J connectivity index is 1.68. The van der Waals surface area contributed by atoms with Crippen LogP contribution in [0.25, 0.3) is 0 Å². The highest BCUT2D eigenvalue weighted by molar-refractivity contribution is 7.90. The highest BCUT2D eigenvalue weighted by atomic mass is 32.2. The summed E-state index contributed by atoms with van der Waals surface area (Å²) in [5.41, 5.74) is 1.86. The second kappa shape index (κ2) is 8.06. The summed E-state index contributed by atoms with van der Waals surface area (Å²) in [5, 5.41) is 5.43. The van der Waals surface area contributed by atoms with Crippen LogP contribution in [0.4, 0.5) is 11.4 Å². The van der Waals surface area contributed by atoms with E-state index in [1.54, 1.807) is 60.7 Å². The van der Waals surface area contributed by atoms with E-state index in [9.17, 15) is 18.0 Å². The molecule has 0 unspecified atom stereocenters. The molecule has 0 fully saturated rings. The standard InChI is InChI=1S/C21H18N2O4S/c1-28(26,27)19-9-5-8-18(14-19)23-21(25)16-10-12-17(13-11-16)22-20(24)15-6-3-2-4-7-15/h2-14H,1H3,(H,22,24)(H,23,25). The Labute approximate surface area is 163 Å². The number of rotatable bonds is 5. The van der Waals surface area contributed by atoms with Crippen LogP contribution < -0.4 is 10.6 Å². The molecule has 0 saturated carbocycles. The summed E-state index contributed by atoms with van der Waals surface area (Å²) >= 11 is 0. The maximum absolute atomic E-state index is 12.4. The molecule has 0 aliphatic heterocycles. The number of nitrogens with one attached hydrogen (secondary N) is 2. The maximum Gasteiger partial charge on any atom is 0.255 e.